The van der Waals surface area contributed by atoms with Crippen molar-refractivity contribution in [3.8, 4) is 11.4 Å². The second-order valence-electron chi connectivity index (χ2n) is 7.99. The summed E-state index contributed by atoms with van der Waals surface area (Å²) >= 11 is 1.27. The van der Waals surface area contributed by atoms with E-state index in [1.807, 2.05) is 17.5 Å². The number of nitrogens with zero attached hydrogens (tertiary/aromatic N) is 7. The largest absolute Gasteiger partial charge is 0.372 e. The van der Waals surface area contributed by atoms with E-state index in [4.69, 9.17) is 0 Å². The number of rotatable bonds is 6. The van der Waals surface area contributed by atoms with Gasteiger partial charge in [0.2, 0.25) is 0 Å². The van der Waals surface area contributed by atoms with E-state index in [9.17, 15) is 4.79 Å². The molecule has 0 spiro atoms. The second-order valence-corrected chi connectivity index (χ2v) is 8.84. The minimum atomic E-state index is -0.224. The molecule has 5 rings (SSSR count). The van der Waals surface area contributed by atoms with Crippen molar-refractivity contribution in [3.05, 3.63) is 59.5 Å². The molecule has 4 heterocycles. The number of anilines is 3. The number of allylic oxidation sites excluding steroid dienone is 1. The number of fused-ring (bicyclic) bond motifs is 1. The minimum Gasteiger partial charge on any atom is -0.372 e. The van der Waals surface area contributed by atoms with Crippen LogP contribution in [0.4, 0.5) is 17.2 Å². The van der Waals surface area contributed by atoms with Crippen LogP contribution in [0.3, 0.4) is 0 Å². The van der Waals surface area contributed by atoms with Gasteiger partial charge in [0.05, 0.1) is 6.20 Å². The molecular weight excluding hydrogens is 450 g/mol. The zero-order valence-corrected chi connectivity index (χ0v) is 19.8. The van der Waals surface area contributed by atoms with Crippen molar-refractivity contribution < 1.29 is 4.79 Å². The Morgan fingerprint density at radius 1 is 1.12 bits per heavy atom. The van der Waals surface area contributed by atoms with Crippen molar-refractivity contribution in [2.45, 2.75) is 6.92 Å². The molecular formula is C23H25N9OS. The fraction of sp³-hybridized carbons (Fsp3) is 0.261. The molecule has 4 aromatic rings. The Balaban J connectivity index is 1.33. The van der Waals surface area contributed by atoms with Crippen LogP contribution < -0.4 is 15.5 Å². The van der Waals surface area contributed by atoms with E-state index in [1.54, 1.807) is 17.8 Å². The van der Waals surface area contributed by atoms with Crippen LogP contribution in [0.1, 0.15) is 16.7 Å². The van der Waals surface area contributed by atoms with Crippen molar-refractivity contribution in [1.82, 2.24) is 34.8 Å². The van der Waals surface area contributed by atoms with Gasteiger partial charge in [0.1, 0.15) is 17.7 Å². The average Bonchev–Trinajstić information content (AvgIpc) is 3.55. The molecule has 1 aliphatic rings. The van der Waals surface area contributed by atoms with Gasteiger partial charge in [-0.1, -0.05) is 6.58 Å². The zero-order chi connectivity index (χ0) is 23.7. The summed E-state index contributed by atoms with van der Waals surface area (Å²) in [5, 5.41) is 12.5. The maximum absolute atomic E-state index is 11.9. The highest BCUT2D eigenvalue weighted by atomic mass is 32.1. The van der Waals surface area contributed by atoms with Gasteiger partial charge in [0.25, 0.3) is 5.91 Å². The highest BCUT2D eigenvalue weighted by Gasteiger charge is 2.18. The maximum Gasteiger partial charge on any atom is 0.280 e. The number of aromatic nitrogens is 5. The molecule has 34 heavy (non-hydrogen) atoms. The summed E-state index contributed by atoms with van der Waals surface area (Å²) < 4.78 is 1.67. The van der Waals surface area contributed by atoms with Crippen molar-refractivity contribution >= 4 is 40.1 Å². The first-order chi connectivity index (χ1) is 16.5. The number of amides is 1. The summed E-state index contributed by atoms with van der Waals surface area (Å²) in [7, 11) is 1.58. The molecule has 2 N–H and O–H groups in total. The summed E-state index contributed by atoms with van der Waals surface area (Å²) in [4.78, 5) is 29.9. The predicted octanol–water partition coefficient (Wildman–Crippen LogP) is 3.01. The normalized spacial score (nSPS) is 13.8. The van der Waals surface area contributed by atoms with Gasteiger partial charge in [0.15, 0.2) is 16.5 Å². The first kappa shape index (κ1) is 21.8. The average molecular weight is 476 g/mol. The number of benzene rings is 1. The zero-order valence-electron chi connectivity index (χ0n) is 19.0. The Hall–Kier alpha value is -3.99. The molecule has 0 radical (unpaired) electrons. The van der Waals surface area contributed by atoms with Gasteiger partial charge in [0, 0.05) is 55.7 Å². The molecule has 0 unspecified atom stereocenters. The van der Waals surface area contributed by atoms with Crippen molar-refractivity contribution in [1.29, 1.82) is 0 Å². The molecule has 1 fully saturated rings. The van der Waals surface area contributed by atoms with E-state index in [1.165, 1.54) is 23.4 Å². The molecule has 3 aromatic heterocycles. The fourth-order valence-electron chi connectivity index (χ4n) is 3.92. The summed E-state index contributed by atoms with van der Waals surface area (Å²) in [6.07, 6.45) is 3.16. The van der Waals surface area contributed by atoms with Crippen molar-refractivity contribution in [3.63, 3.8) is 0 Å². The van der Waals surface area contributed by atoms with Gasteiger partial charge >= 0.3 is 0 Å². The molecule has 0 atom stereocenters. The molecule has 1 amide bonds. The Labute approximate surface area is 201 Å². The van der Waals surface area contributed by atoms with Crippen LogP contribution in [0.2, 0.25) is 0 Å². The lowest BCUT2D eigenvalue weighted by Gasteiger charge is -2.37. The maximum atomic E-state index is 11.9. The minimum absolute atomic E-state index is 0.224. The lowest BCUT2D eigenvalue weighted by molar-refractivity contribution is 0.0963. The lowest BCUT2D eigenvalue weighted by Crippen LogP contribution is -2.45. The van der Waals surface area contributed by atoms with E-state index in [-0.39, 0.29) is 5.91 Å². The van der Waals surface area contributed by atoms with E-state index < -0.39 is 0 Å². The van der Waals surface area contributed by atoms with Crippen LogP contribution in [0, 0.1) is 0 Å². The molecule has 11 heteroatoms. The smallest absolute Gasteiger partial charge is 0.280 e. The SMILES string of the molecule is C=C(C)N1CCN(c2ccc(Nc3ncc(-c4csc(C(=O)NC)n4)n4ncnc34)cc2)CC1. The van der Waals surface area contributed by atoms with Crippen LogP contribution in [0.15, 0.2) is 54.4 Å². The van der Waals surface area contributed by atoms with Gasteiger partial charge in [-0.05, 0) is 31.2 Å². The quantitative estimate of drug-likeness (QED) is 0.439. The first-order valence-corrected chi connectivity index (χ1v) is 11.8. The monoisotopic (exact) mass is 475 g/mol. The number of piperazine rings is 1. The first-order valence-electron chi connectivity index (χ1n) is 10.9. The van der Waals surface area contributed by atoms with Crippen LogP contribution in [-0.4, -0.2) is 68.6 Å². The number of carbonyl (C=O) groups is 1. The van der Waals surface area contributed by atoms with E-state index in [0.29, 0.717) is 27.9 Å². The predicted molar refractivity (Wildman–Crippen MR) is 134 cm³/mol. The summed E-state index contributed by atoms with van der Waals surface area (Å²) in [6, 6.07) is 8.31. The van der Waals surface area contributed by atoms with Gasteiger partial charge in [-0.3, -0.25) is 4.79 Å². The number of nitrogens with one attached hydrogen (secondary N) is 2. The number of hydrogen-bond acceptors (Lipinski definition) is 9. The van der Waals surface area contributed by atoms with Gasteiger partial charge in [-0.2, -0.15) is 5.10 Å². The molecule has 0 saturated carbocycles. The molecule has 174 valence electrons. The van der Waals surface area contributed by atoms with Crippen LogP contribution in [0.25, 0.3) is 17.0 Å². The molecule has 0 aliphatic carbocycles. The lowest BCUT2D eigenvalue weighted by atomic mass is 10.2. The Morgan fingerprint density at radius 2 is 1.88 bits per heavy atom. The highest BCUT2D eigenvalue weighted by molar-refractivity contribution is 7.12. The molecule has 10 nitrogen and oxygen atoms in total. The third-order valence-electron chi connectivity index (χ3n) is 5.81. The molecule has 1 aromatic carbocycles. The van der Waals surface area contributed by atoms with E-state index in [0.717, 1.165) is 37.6 Å². The Kier molecular flexibility index (Phi) is 5.84. The number of thiazole rings is 1. The van der Waals surface area contributed by atoms with Crippen LogP contribution in [-0.2, 0) is 0 Å². The van der Waals surface area contributed by atoms with Gasteiger partial charge in [-0.25, -0.2) is 19.5 Å². The highest BCUT2D eigenvalue weighted by Crippen LogP contribution is 2.27. The van der Waals surface area contributed by atoms with Crippen LogP contribution >= 0.6 is 11.3 Å². The topological polar surface area (TPSA) is 104 Å². The second kappa shape index (κ2) is 9.10. The summed E-state index contributed by atoms with van der Waals surface area (Å²) in [6.45, 7) is 10.0. The third-order valence-corrected chi connectivity index (χ3v) is 6.65. The van der Waals surface area contributed by atoms with Crippen molar-refractivity contribution in [2.24, 2.45) is 0 Å². The van der Waals surface area contributed by atoms with E-state index in [2.05, 4.69) is 66.1 Å². The summed E-state index contributed by atoms with van der Waals surface area (Å²) in [5.74, 6) is 0.365. The fourth-order valence-corrected chi connectivity index (χ4v) is 4.68. The van der Waals surface area contributed by atoms with Gasteiger partial charge in [-0.15, -0.1) is 11.3 Å². The number of carbonyl (C=O) groups excluding carboxylic acids is 1. The molecule has 1 aliphatic heterocycles. The van der Waals surface area contributed by atoms with Gasteiger partial charge < -0.3 is 20.4 Å². The Morgan fingerprint density at radius 3 is 2.59 bits per heavy atom. The van der Waals surface area contributed by atoms with Crippen molar-refractivity contribution in [2.75, 3.05) is 43.4 Å². The third kappa shape index (κ3) is 4.17. The molecule has 1 saturated heterocycles. The van der Waals surface area contributed by atoms with E-state index >= 15 is 0 Å². The van der Waals surface area contributed by atoms with Crippen LogP contribution in [0.5, 0.6) is 0 Å². The Bertz CT molecular complexity index is 1340. The number of hydrogen-bond donors (Lipinski definition) is 2. The molecule has 0 bridgehead atoms. The standard InChI is InChI=1S/C23H25N9OS/c1-15(2)30-8-10-31(11-9-30)17-6-4-16(5-7-17)28-20-21-26-14-27-32(21)19(12-25-20)18-13-34-23(29-18)22(33)24-3/h4-7,12-14H,1,8-11H2,2-3H3,(H,24,33)(H,25,28). The summed E-state index contributed by atoms with van der Waals surface area (Å²) in [5.41, 5.74) is 5.08.